The van der Waals surface area contributed by atoms with Gasteiger partial charge in [0.2, 0.25) is 15.9 Å². The van der Waals surface area contributed by atoms with Crippen molar-refractivity contribution in [1.82, 2.24) is 9.29 Å². The van der Waals surface area contributed by atoms with Crippen LogP contribution in [0.4, 0.5) is 5.69 Å². The molecule has 1 aliphatic heterocycles. The third kappa shape index (κ3) is 4.64. The van der Waals surface area contributed by atoms with E-state index in [2.05, 4.69) is 16.4 Å². The maximum Gasteiger partial charge on any atom is 0.233 e. The predicted molar refractivity (Wildman–Crippen MR) is 135 cm³/mol. The molecule has 2 aromatic carbocycles. The van der Waals surface area contributed by atoms with Gasteiger partial charge < -0.3 is 5.32 Å². The van der Waals surface area contributed by atoms with Crippen molar-refractivity contribution in [2.75, 3.05) is 17.6 Å². The second-order valence-corrected chi connectivity index (χ2v) is 11.8. The molecule has 2 heterocycles. The van der Waals surface area contributed by atoms with Crippen LogP contribution in [0.3, 0.4) is 0 Å². The van der Waals surface area contributed by atoms with Crippen molar-refractivity contribution in [3.05, 3.63) is 71.0 Å². The van der Waals surface area contributed by atoms with E-state index in [0.717, 1.165) is 29.2 Å². The Morgan fingerprint density at radius 3 is 2.74 bits per heavy atom. The first-order chi connectivity index (χ1) is 16.8. The van der Waals surface area contributed by atoms with Gasteiger partial charge in [0, 0.05) is 35.1 Å². The summed E-state index contributed by atoms with van der Waals surface area (Å²) in [6.07, 6.45) is 6.20. The molecule has 0 spiro atoms. The number of amides is 1. The number of nitriles is 1. The van der Waals surface area contributed by atoms with Gasteiger partial charge in [-0.15, -0.1) is 0 Å². The molecule has 0 bridgehead atoms. The van der Waals surface area contributed by atoms with E-state index in [1.54, 1.807) is 30.6 Å². The van der Waals surface area contributed by atoms with E-state index in [-0.39, 0.29) is 24.7 Å². The molecule has 5 rings (SSSR count). The highest BCUT2D eigenvalue weighted by Crippen LogP contribution is 2.41. The van der Waals surface area contributed by atoms with Crippen LogP contribution in [0.15, 0.2) is 54.9 Å². The summed E-state index contributed by atoms with van der Waals surface area (Å²) in [5.74, 6) is -1.31. The summed E-state index contributed by atoms with van der Waals surface area (Å²) >= 11 is 6.25. The van der Waals surface area contributed by atoms with E-state index in [1.165, 1.54) is 4.31 Å². The molecule has 1 atom stereocenters. The Bertz CT molecular complexity index is 1440. The monoisotopic (exact) mass is 508 g/mol. The number of sulfonamides is 1. The highest BCUT2D eigenvalue weighted by molar-refractivity contribution is 7.89. The first kappa shape index (κ1) is 23.7. The maximum absolute atomic E-state index is 13.6. The Kier molecular flexibility index (Phi) is 6.26. The summed E-state index contributed by atoms with van der Waals surface area (Å²) in [4.78, 5) is 17.8. The standard InChI is InChI=1S/C26H25ClN4O3S/c27-20-8-7-19-14-31(35(33,34)17-26(16-28)9-3-4-10-26)15-23(22(19)11-20)25(32)30-24-13-29-12-18-5-1-2-6-21(18)24/h1-2,5-8,11-13,23H,3-4,9-10,14-15,17H2,(H,30,32). The number of benzene rings is 2. The number of rotatable bonds is 5. The van der Waals surface area contributed by atoms with Gasteiger partial charge in [-0.3, -0.25) is 9.78 Å². The Hall–Kier alpha value is -2.99. The summed E-state index contributed by atoms with van der Waals surface area (Å²) in [7, 11) is -3.78. The van der Waals surface area contributed by atoms with Crippen molar-refractivity contribution in [2.45, 2.75) is 38.1 Å². The molecule has 1 aromatic heterocycles. The van der Waals surface area contributed by atoms with Crippen LogP contribution in [-0.4, -0.2) is 35.9 Å². The van der Waals surface area contributed by atoms with Crippen molar-refractivity contribution < 1.29 is 13.2 Å². The Balaban J connectivity index is 1.47. The lowest BCUT2D eigenvalue weighted by Crippen LogP contribution is -2.45. The maximum atomic E-state index is 13.6. The molecule has 1 aliphatic carbocycles. The predicted octanol–water partition coefficient (Wildman–Crippen LogP) is 4.84. The molecule has 3 aromatic rings. The second-order valence-electron chi connectivity index (χ2n) is 9.44. The van der Waals surface area contributed by atoms with Gasteiger partial charge in [0.25, 0.3) is 0 Å². The average molecular weight is 509 g/mol. The lowest BCUT2D eigenvalue weighted by atomic mass is 9.90. The van der Waals surface area contributed by atoms with Gasteiger partial charge in [-0.1, -0.05) is 54.8 Å². The van der Waals surface area contributed by atoms with Gasteiger partial charge in [0.15, 0.2) is 0 Å². The highest BCUT2D eigenvalue weighted by atomic mass is 35.5. The van der Waals surface area contributed by atoms with E-state index < -0.39 is 21.4 Å². The molecule has 1 N–H and O–H groups in total. The largest absolute Gasteiger partial charge is 0.324 e. The zero-order valence-corrected chi connectivity index (χ0v) is 20.6. The van der Waals surface area contributed by atoms with E-state index in [4.69, 9.17) is 11.6 Å². The minimum Gasteiger partial charge on any atom is -0.324 e. The van der Waals surface area contributed by atoms with Crippen LogP contribution in [0.25, 0.3) is 10.8 Å². The molecule has 1 saturated carbocycles. The van der Waals surface area contributed by atoms with Crippen molar-refractivity contribution in [2.24, 2.45) is 5.41 Å². The minimum atomic E-state index is -3.78. The van der Waals surface area contributed by atoms with Gasteiger partial charge in [-0.2, -0.15) is 9.57 Å². The first-order valence-electron chi connectivity index (χ1n) is 11.6. The van der Waals surface area contributed by atoms with Crippen LogP contribution < -0.4 is 5.32 Å². The first-order valence-corrected chi connectivity index (χ1v) is 13.6. The smallest absolute Gasteiger partial charge is 0.233 e. The normalized spacial score (nSPS) is 19.7. The van der Waals surface area contributed by atoms with Crippen molar-refractivity contribution >= 4 is 44.0 Å². The Morgan fingerprint density at radius 1 is 1.20 bits per heavy atom. The summed E-state index contributed by atoms with van der Waals surface area (Å²) < 4.78 is 28.3. The number of carbonyl (C=O) groups is 1. The number of aromatic nitrogens is 1. The topological polar surface area (TPSA) is 103 Å². The van der Waals surface area contributed by atoms with E-state index >= 15 is 0 Å². The number of fused-ring (bicyclic) bond motifs is 2. The number of halogens is 1. The van der Waals surface area contributed by atoms with E-state index in [1.807, 2.05) is 24.3 Å². The molecule has 9 heteroatoms. The van der Waals surface area contributed by atoms with Gasteiger partial charge in [0.05, 0.1) is 35.0 Å². The van der Waals surface area contributed by atoms with Crippen molar-refractivity contribution in [3.63, 3.8) is 0 Å². The molecule has 1 amide bonds. The van der Waals surface area contributed by atoms with Gasteiger partial charge in [-0.25, -0.2) is 8.42 Å². The molecule has 0 radical (unpaired) electrons. The van der Waals surface area contributed by atoms with Crippen molar-refractivity contribution in [3.8, 4) is 6.07 Å². The van der Waals surface area contributed by atoms with E-state index in [0.29, 0.717) is 29.1 Å². The third-order valence-corrected chi connectivity index (χ3v) is 9.33. The summed E-state index contributed by atoms with van der Waals surface area (Å²) in [5, 5.41) is 14.9. The number of carbonyl (C=O) groups excluding carboxylic acids is 1. The molecule has 0 saturated heterocycles. The Morgan fingerprint density at radius 2 is 1.97 bits per heavy atom. The summed E-state index contributed by atoms with van der Waals surface area (Å²) in [6, 6.07) is 15.1. The van der Waals surface area contributed by atoms with Crippen LogP contribution >= 0.6 is 11.6 Å². The number of hydrogen-bond donors (Lipinski definition) is 1. The lowest BCUT2D eigenvalue weighted by Gasteiger charge is -2.35. The number of anilines is 1. The number of hydrogen-bond acceptors (Lipinski definition) is 5. The van der Waals surface area contributed by atoms with Gasteiger partial charge in [0.1, 0.15) is 0 Å². The molecule has 180 valence electrons. The fraction of sp³-hybridized carbons (Fsp3) is 0.346. The third-order valence-electron chi connectivity index (χ3n) is 7.11. The number of nitrogens with zero attached hydrogens (tertiary/aromatic N) is 3. The zero-order valence-electron chi connectivity index (χ0n) is 19.1. The van der Waals surface area contributed by atoms with Crippen LogP contribution in [0, 0.1) is 16.7 Å². The fourth-order valence-electron chi connectivity index (χ4n) is 5.24. The molecular weight excluding hydrogens is 484 g/mol. The number of pyridine rings is 1. The minimum absolute atomic E-state index is 0.0127. The van der Waals surface area contributed by atoms with Crippen LogP contribution in [0.2, 0.25) is 5.02 Å². The second kappa shape index (κ2) is 9.23. The summed E-state index contributed by atoms with van der Waals surface area (Å²) in [5.41, 5.74) is 1.15. The molecule has 7 nitrogen and oxygen atoms in total. The Labute approximate surface area is 209 Å². The summed E-state index contributed by atoms with van der Waals surface area (Å²) in [6.45, 7) is 0.136. The molecule has 1 fully saturated rings. The SMILES string of the molecule is N#CC1(CS(=O)(=O)N2Cc3ccc(Cl)cc3C(C(=O)Nc3cncc4ccccc34)C2)CCCC1. The number of nitrogens with one attached hydrogen (secondary N) is 1. The van der Waals surface area contributed by atoms with E-state index in [9.17, 15) is 18.5 Å². The highest BCUT2D eigenvalue weighted by Gasteiger charge is 2.43. The molecular formula is C26H25ClN4O3S. The molecule has 35 heavy (non-hydrogen) atoms. The molecule has 2 aliphatic rings. The quantitative estimate of drug-likeness (QED) is 0.531. The lowest BCUT2D eigenvalue weighted by molar-refractivity contribution is -0.118. The van der Waals surface area contributed by atoms with Crippen molar-refractivity contribution in [1.29, 1.82) is 5.26 Å². The van der Waals surface area contributed by atoms with Crippen LogP contribution in [0.5, 0.6) is 0 Å². The van der Waals surface area contributed by atoms with Gasteiger partial charge in [-0.05, 0) is 36.1 Å². The average Bonchev–Trinajstić information content (AvgIpc) is 3.31. The molecule has 1 unspecified atom stereocenters. The van der Waals surface area contributed by atoms with Gasteiger partial charge >= 0.3 is 0 Å². The zero-order chi connectivity index (χ0) is 24.6. The van der Waals surface area contributed by atoms with Crippen LogP contribution in [-0.2, 0) is 21.4 Å². The fourth-order valence-corrected chi connectivity index (χ4v) is 7.37. The van der Waals surface area contributed by atoms with Crippen LogP contribution in [0.1, 0.15) is 42.7 Å².